The van der Waals surface area contributed by atoms with Crippen molar-refractivity contribution in [2.24, 2.45) is 0 Å². The SMILES string of the molecule is COC(=O)N1CC(CCC(C)=O)c2cc(F)ccc2C1=O. The van der Waals surface area contributed by atoms with Crippen LogP contribution < -0.4 is 0 Å². The molecule has 6 heteroatoms. The van der Waals surface area contributed by atoms with Crippen LogP contribution >= 0.6 is 0 Å². The lowest BCUT2D eigenvalue weighted by molar-refractivity contribution is -0.117. The Hall–Kier alpha value is -2.24. The molecule has 1 heterocycles. The van der Waals surface area contributed by atoms with Gasteiger partial charge in [-0.15, -0.1) is 0 Å². The van der Waals surface area contributed by atoms with E-state index in [0.29, 0.717) is 18.4 Å². The van der Waals surface area contributed by atoms with E-state index in [1.165, 1.54) is 32.2 Å². The van der Waals surface area contributed by atoms with Gasteiger partial charge in [0.25, 0.3) is 5.91 Å². The Morgan fingerprint density at radius 3 is 2.76 bits per heavy atom. The second-order valence-electron chi connectivity index (χ2n) is 5.05. The minimum absolute atomic E-state index is 0.00877. The van der Waals surface area contributed by atoms with Gasteiger partial charge < -0.3 is 9.53 Å². The first-order chi connectivity index (χ1) is 9.93. The number of halogens is 1. The van der Waals surface area contributed by atoms with Crippen molar-refractivity contribution in [3.63, 3.8) is 0 Å². The number of benzene rings is 1. The smallest absolute Gasteiger partial charge is 0.416 e. The number of ether oxygens (including phenoxy) is 1. The number of methoxy groups -OCH3 is 1. The highest BCUT2D eigenvalue weighted by Crippen LogP contribution is 2.32. The summed E-state index contributed by atoms with van der Waals surface area (Å²) in [5.41, 5.74) is 0.822. The van der Waals surface area contributed by atoms with Gasteiger partial charge in [-0.1, -0.05) is 0 Å². The van der Waals surface area contributed by atoms with Crippen molar-refractivity contribution in [1.82, 2.24) is 4.90 Å². The summed E-state index contributed by atoms with van der Waals surface area (Å²) >= 11 is 0. The summed E-state index contributed by atoms with van der Waals surface area (Å²) in [6.07, 6.45) is 0.0129. The van der Waals surface area contributed by atoms with Crippen LogP contribution in [0.1, 0.15) is 41.6 Å². The van der Waals surface area contributed by atoms with Gasteiger partial charge in [0.05, 0.1) is 7.11 Å². The van der Waals surface area contributed by atoms with E-state index in [2.05, 4.69) is 4.74 Å². The maximum Gasteiger partial charge on any atom is 0.416 e. The Kier molecular flexibility index (Phi) is 4.35. The van der Waals surface area contributed by atoms with Crippen molar-refractivity contribution < 1.29 is 23.5 Å². The van der Waals surface area contributed by atoms with E-state index < -0.39 is 17.8 Å². The molecule has 1 aliphatic heterocycles. The summed E-state index contributed by atoms with van der Waals surface area (Å²) in [4.78, 5) is 36.1. The van der Waals surface area contributed by atoms with Crippen LogP contribution in [0.5, 0.6) is 0 Å². The minimum atomic E-state index is -0.747. The Morgan fingerprint density at radius 1 is 1.43 bits per heavy atom. The molecule has 0 saturated heterocycles. The summed E-state index contributed by atoms with van der Waals surface area (Å²) in [6, 6.07) is 3.84. The average molecular weight is 293 g/mol. The number of carbonyl (C=O) groups is 3. The highest BCUT2D eigenvalue weighted by molar-refractivity contribution is 6.05. The summed E-state index contributed by atoms with van der Waals surface area (Å²) in [5, 5.41) is 0. The summed E-state index contributed by atoms with van der Waals surface area (Å²) < 4.78 is 18.0. The molecule has 0 saturated carbocycles. The molecule has 0 aliphatic carbocycles. The van der Waals surface area contributed by atoms with E-state index in [0.717, 1.165) is 4.90 Å². The number of hydrogen-bond acceptors (Lipinski definition) is 4. The zero-order valence-corrected chi connectivity index (χ0v) is 11.9. The number of nitrogens with zero attached hydrogens (tertiary/aromatic N) is 1. The third kappa shape index (κ3) is 3.09. The Morgan fingerprint density at radius 2 is 2.14 bits per heavy atom. The molecule has 112 valence electrons. The lowest BCUT2D eigenvalue weighted by Crippen LogP contribution is -2.44. The molecule has 0 spiro atoms. The van der Waals surface area contributed by atoms with Gasteiger partial charge in [0.2, 0.25) is 0 Å². The fourth-order valence-corrected chi connectivity index (χ4v) is 2.51. The standard InChI is InChI=1S/C15H16FNO4/c1-9(18)3-4-10-8-17(15(20)21-2)14(19)12-6-5-11(16)7-13(10)12/h5-7,10H,3-4,8H2,1-2H3. The van der Waals surface area contributed by atoms with E-state index >= 15 is 0 Å². The normalized spacial score (nSPS) is 17.4. The van der Waals surface area contributed by atoms with Crippen LogP contribution in [0.25, 0.3) is 0 Å². The van der Waals surface area contributed by atoms with Gasteiger partial charge in [0, 0.05) is 24.4 Å². The zero-order chi connectivity index (χ0) is 15.6. The fourth-order valence-electron chi connectivity index (χ4n) is 2.51. The van der Waals surface area contributed by atoms with Gasteiger partial charge in [-0.3, -0.25) is 4.79 Å². The Balaban J connectivity index is 2.38. The van der Waals surface area contributed by atoms with Crippen LogP contribution in [0.2, 0.25) is 0 Å². The van der Waals surface area contributed by atoms with Crippen LogP contribution in [0.4, 0.5) is 9.18 Å². The topological polar surface area (TPSA) is 63.7 Å². The van der Waals surface area contributed by atoms with Crippen molar-refractivity contribution in [1.29, 1.82) is 0 Å². The molecule has 0 N–H and O–H groups in total. The maximum absolute atomic E-state index is 13.4. The molecular weight excluding hydrogens is 277 g/mol. The van der Waals surface area contributed by atoms with Crippen molar-refractivity contribution >= 4 is 17.8 Å². The van der Waals surface area contributed by atoms with Crippen molar-refractivity contribution in [2.45, 2.75) is 25.7 Å². The number of rotatable bonds is 3. The number of carbonyl (C=O) groups excluding carboxylic acids is 3. The Bertz CT molecular complexity index is 599. The molecular formula is C15H16FNO4. The first-order valence-corrected chi connectivity index (χ1v) is 6.62. The van der Waals surface area contributed by atoms with E-state index in [-0.39, 0.29) is 23.8 Å². The molecule has 2 rings (SSSR count). The summed E-state index contributed by atoms with van der Waals surface area (Å²) in [5.74, 6) is -1.21. The van der Waals surface area contributed by atoms with Crippen LogP contribution in [0.3, 0.4) is 0 Å². The van der Waals surface area contributed by atoms with E-state index in [1.807, 2.05) is 0 Å². The van der Waals surface area contributed by atoms with Gasteiger partial charge in [-0.2, -0.15) is 0 Å². The number of hydrogen-bond donors (Lipinski definition) is 0. The van der Waals surface area contributed by atoms with E-state index in [9.17, 15) is 18.8 Å². The van der Waals surface area contributed by atoms with Crippen LogP contribution in [-0.2, 0) is 9.53 Å². The van der Waals surface area contributed by atoms with Crippen LogP contribution in [0, 0.1) is 5.82 Å². The predicted octanol–water partition coefficient (Wildman–Crippen LogP) is 2.50. The second-order valence-corrected chi connectivity index (χ2v) is 5.05. The number of amides is 2. The highest BCUT2D eigenvalue weighted by atomic mass is 19.1. The second kappa shape index (κ2) is 6.03. The molecule has 21 heavy (non-hydrogen) atoms. The lowest BCUT2D eigenvalue weighted by Gasteiger charge is -2.32. The molecule has 0 fully saturated rings. The minimum Gasteiger partial charge on any atom is -0.452 e. The fraction of sp³-hybridized carbons (Fsp3) is 0.400. The predicted molar refractivity (Wildman–Crippen MR) is 72.5 cm³/mol. The molecule has 0 aromatic heterocycles. The molecule has 5 nitrogen and oxygen atoms in total. The molecule has 1 aliphatic rings. The number of ketones is 1. The van der Waals surface area contributed by atoms with Gasteiger partial charge in [0.1, 0.15) is 11.6 Å². The lowest BCUT2D eigenvalue weighted by atomic mass is 9.86. The highest BCUT2D eigenvalue weighted by Gasteiger charge is 2.35. The van der Waals surface area contributed by atoms with Crippen molar-refractivity contribution in [3.05, 3.63) is 35.1 Å². The third-order valence-electron chi connectivity index (χ3n) is 3.57. The number of imide groups is 1. The van der Waals surface area contributed by atoms with Crippen molar-refractivity contribution in [3.8, 4) is 0 Å². The van der Waals surface area contributed by atoms with Gasteiger partial charge in [-0.05, 0) is 37.1 Å². The summed E-state index contributed by atoms with van der Waals surface area (Å²) in [7, 11) is 1.19. The molecule has 1 unspecified atom stereocenters. The average Bonchev–Trinajstić information content (AvgIpc) is 2.45. The zero-order valence-electron chi connectivity index (χ0n) is 11.9. The first-order valence-electron chi connectivity index (χ1n) is 6.62. The molecule has 2 amide bonds. The van der Waals surface area contributed by atoms with E-state index in [4.69, 9.17) is 0 Å². The quantitative estimate of drug-likeness (QED) is 0.859. The molecule has 1 aromatic rings. The number of Topliss-reactive ketones (excluding diaryl/α,β-unsaturated/α-hetero) is 1. The Labute approximate surface area is 121 Å². The van der Waals surface area contributed by atoms with Gasteiger partial charge >= 0.3 is 6.09 Å². The number of fused-ring (bicyclic) bond motifs is 1. The first kappa shape index (κ1) is 15.2. The van der Waals surface area contributed by atoms with Crippen molar-refractivity contribution in [2.75, 3.05) is 13.7 Å². The van der Waals surface area contributed by atoms with Gasteiger partial charge in [-0.25, -0.2) is 14.1 Å². The largest absolute Gasteiger partial charge is 0.452 e. The van der Waals surface area contributed by atoms with E-state index in [1.54, 1.807) is 0 Å². The molecule has 1 atom stereocenters. The maximum atomic E-state index is 13.4. The van der Waals surface area contributed by atoms with Crippen LogP contribution in [0.15, 0.2) is 18.2 Å². The summed E-state index contributed by atoms with van der Waals surface area (Å²) in [6.45, 7) is 1.56. The molecule has 0 radical (unpaired) electrons. The third-order valence-corrected chi connectivity index (χ3v) is 3.57. The van der Waals surface area contributed by atoms with Gasteiger partial charge in [0.15, 0.2) is 0 Å². The molecule has 0 bridgehead atoms. The monoisotopic (exact) mass is 293 g/mol. The van der Waals surface area contributed by atoms with Crippen LogP contribution in [-0.4, -0.2) is 36.3 Å². The molecule has 1 aromatic carbocycles.